The Morgan fingerprint density at radius 3 is 0.433 bits per heavy atom. The molecule has 9 aromatic heterocycles. The molecule has 0 saturated heterocycles. The molecule has 0 atom stereocenters. The van der Waals surface area contributed by atoms with Crippen LogP contribution < -0.4 is 0 Å². The summed E-state index contributed by atoms with van der Waals surface area (Å²) in [4.78, 5) is 51.8. The molecule has 660 valence electrons. The fraction of sp³-hybridized carbons (Fsp3) is 0.588. The van der Waals surface area contributed by atoms with Crippen LogP contribution in [0.5, 0.6) is 0 Å². The van der Waals surface area contributed by atoms with Gasteiger partial charge in [-0.15, -0.1) is 10.2 Å². The van der Waals surface area contributed by atoms with Gasteiger partial charge in [0.05, 0.1) is 57.9 Å². The summed E-state index contributed by atoms with van der Waals surface area (Å²) >= 11 is 0. The quantitative estimate of drug-likeness (QED) is 0.0690. The SMILES string of the molecule is CC(C)c1ccc(C(C)C)cc1.CC(C)c1ccc(C(C)C)nc1.CC(C)c1ccc(C(C)C)nc1.CC(C)c1ccc(C(C)C)nn1.CC(C)c1cnc(C(C)C)cn1.CC(C)c1cnc(C(C)C)cn1.CC(C)c1cnc(C(C)C)nc1.CC(C)c1cnc(C(C)C)nc1.CC(C)c1cnc(C(C)C)nn1.CC(C)c1cnc(C(C)C)nn1. The molecule has 10 rings (SSSR count). The van der Waals surface area contributed by atoms with Crippen LogP contribution in [0, 0.1) is 0 Å². The van der Waals surface area contributed by atoms with Crippen molar-refractivity contribution in [1.29, 1.82) is 0 Å². The zero-order chi connectivity index (χ0) is 91.4. The lowest BCUT2D eigenvalue weighted by atomic mass is 9.97. The van der Waals surface area contributed by atoms with Crippen molar-refractivity contribution in [2.45, 2.75) is 395 Å². The maximum atomic E-state index is 4.40. The summed E-state index contributed by atoms with van der Waals surface area (Å²) in [5, 5.41) is 24.5. The minimum Gasteiger partial charge on any atom is -0.261 e. The van der Waals surface area contributed by atoms with Crippen LogP contribution in [0.1, 0.15) is 509 Å². The standard InChI is InChI=1S/C12H18.2C11H17N.5C10H16N2.2C9H15N3/c1-9(2)11-5-7-12(8-6-11)10(3)4;2*1-8(2)10-5-6-11(9(3)4)12-7-10;2*1-7(2)9-5-12-10(6-11-9)8(3)4;2*1-7(2)9-5-11-10(8(3)4)12-6-9;1-7(2)9-5-6-10(8(3)4)12-11-9;2*1-6(2)8-5-10-9(7(3)4)12-11-8/h5-10H,1-4H3;2*5-9H,1-4H3;5*5-8H,1-4H3;2*5-7H,1-4H3. The van der Waals surface area contributed by atoms with Gasteiger partial charge in [-0.1, -0.05) is 313 Å². The van der Waals surface area contributed by atoms with Gasteiger partial charge in [-0.3, -0.25) is 29.9 Å². The van der Waals surface area contributed by atoms with Gasteiger partial charge < -0.3 is 0 Å². The molecule has 10 aromatic rings. The van der Waals surface area contributed by atoms with Gasteiger partial charge in [0.2, 0.25) is 0 Å². The molecule has 0 amide bonds. The molecule has 0 saturated carbocycles. The second-order valence-electron chi connectivity index (χ2n) is 37.1. The highest BCUT2D eigenvalue weighted by Crippen LogP contribution is 2.24. The fourth-order valence-electron chi connectivity index (χ4n) is 9.86. The fourth-order valence-corrected chi connectivity index (χ4v) is 9.86. The molecule has 120 heavy (non-hydrogen) atoms. The van der Waals surface area contributed by atoms with E-state index in [9.17, 15) is 0 Å². The third-order valence-corrected chi connectivity index (χ3v) is 19.2. The highest BCUT2D eigenvalue weighted by molar-refractivity contribution is 5.27. The predicted octanol–water partition coefficient (Wildman–Crippen LogP) is 28.4. The maximum Gasteiger partial charge on any atom is 0.153 e. The number of pyridine rings is 2. The Kier molecular flexibility index (Phi) is 52.0. The van der Waals surface area contributed by atoms with Crippen LogP contribution in [0.3, 0.4) is 0 Å². The molecular formula is C102H162N18. The molecule has 1 aromatic carbocycles. The number of benzene rings is 1. The molecule has 0 radical (unpaired) electrons. The summed E-state index contributed by atoms with van der Waals surface area (Å²) in [7, 11) is 0. The number of hydrogen-bond donors (Lipinski definition) is 0. The van der Waals surface area contributed by atoms with Gasteiger partial charge in [0.1, 0.15) is 11.6 Å². The van der Waals surface area contributed by atoms with Crippen molar-refractivity contribution in [3.05, 3.63) is 249 Å². The van der Waals surface area contributed by atoms with Crippen LogP contribution in [-0.2, 0) is 0 Å². The van der Waals surface area contributed by atoms with E-state index in [1.807, 2.05) is 74.4 Å². The number of aromatic nitrogens is 18. The van der Waals surface area contributed by atoms with Gasteiger partial charge >= 0.3 is 0 Å². The normalized spacial score (nSPS) is 11.2. The predicted molar refractivity (Wildman–Crippen MR) is 507 cm³/mol. The molecule has 9 heterocycles. The Hall–Kier alpha value is -9.06. The molecule has 0 aliphatic carbocycles. The summed E-state index contributed by atoms with van der Waals surface area (Å²) in [6.07, 6.45) is 22.8. The molecule has 0 bridgehead atoms. The van der Waals surface area contributed by atoms with E-state index in [2.05, 4.69) is 428 Å². The second kappa shape index (κ2) is 57.3. The first kappa shape index (κ1) is 109. The molecule has 0 fully saturated rings. The van der Waals surface area contributed by atoms with Gasteiger partial charge in [-0.2, -0.15) is 20.4 Å². The maximum absolute atomic E-state index is 4.40. The molecule has 0 aliphatic heterocycles. The van der Waals surface area contributed by atoms with Crippen LogP contribution in [-0.4, -0.2) is 90.4 Å². The van der Waals surface area contributed by atoms with Gasteiger partial charge in [0, 0.05) is 97.0 Å². The van der Waals surface area contributed by atoms with Crippen molar-refractivity contribution in [2.75, 3.05) is 0 Å². The van der Waals surface area contributed by atoms with E-state index in [-0.39, 0.29) is 0 Å². The molecule has 0 N–H and O–H groups in total. The van der Waals surface area contributed by atoms with Crippen molar-refractivity contribution in [2.24, 2.45) is 0 Å². The Labute approximate surface area is 730 Å². The van der Waals surface area contributed by atoms with E-state index >= 15 is 0 Å². The molecule has 18 nitrogen and oxygen atoms in total. The van der Waals surface area contributed by atoms with E-state index in [1.54, 1.807) is 0 Å². The lowest BCUT2D eigenvalue weighted by Gasteiger charge is -2.08. The monoisotopic (exact) mass is 1640 g/mol. The van der Waals surface area contributed by atoms with Gasteiger partial charge in [0.15, 0.2) is 11.6 Å². The van der Waals surface area contributed by atoms with E-state index < -0.39 is 0 Å². The van der Waals surface area contributed by atoms with Crippen molar-refractivity contribution < 1.29 is 0 Å². The van der Waals surface area contributed by atoms with Crippen molar-refractivity contribution >= 4 is 0 Å². The van der Waals surface area contributed by atoms with E-state index in [0.29, 0.717) is 118 Å². The Bertz CT molecular complexity index is 3010. The van der Waals surface area contributed by atoms with Crippen LogP contribution in [0.15, 0.2) is 135 Å². The summed E-state index contributed by atoms with van der Waals surface area (Å²) in [5.41, 5.74) is 18.6. The van der Waals surface area contributed by atoms with Crippen molar-refractivity contribution in [3.8, 4) is 0 Å². The van der Waals surface area contributed by atoms with Gasteiger partial charge in [-0.25, -0.2) is 29.9 Å². The summed E-state index contributed by atoms with van der Waals surface area (Å²) in [6.45, 7) is 85.4. The lowest BCUT2D eigenvalue weighted by molar-refractivity contribution is 0.692. The van der Waals surface area contributed by atoms with Crippen molar-refractivity contribution in [3.63, 3.8) is 0 Å². The third-order valence-electron chi connectivity index (χ3n) is 19.2. The molecule has 0 aliphatic rings. The number of hydrogen-bond acceptors (Lipinski definition) is 18. The highest BCUT2D eigenvalue weighted by atomic mass is 15.2. The molecule has 0 unspecified atom stereocenters. The Morgan fingerprint density at radius 2 is 0.283 bits per heavy atom. The summed E-state index contributed by atoms with van der Waals surface area (Å²) in [6, 6.07) is 21.7. The van der Waals surface area contributed by atoms with Gasteiger partial charge in [0.25, 0.3) is 0 Å². The minimum absolute atomic E-state index is 0.360. The Morgan fingerprint density at radius 1 is 0.117 bits per heavy atom. The van der Waals surface area contributed by atoms with Crippen LogP contribution in [0.4, 0.5) is 0 Å². The zero-order valence-electron chi connectivity index (χ0n) is 82.3. The third kappa shape index (κ3) is 43.4. The highest BCUT2D eigenvalue weighted by Gasteiger charge is 2.13. The van der Waals surface area contributed by atoms with E-state index in [4.69, 9.17) is 0 Å². The number of nitrogens with zero attached hydrogens (tertiary/aromatic N) is 18. The second-order valence-corrected chi connectivity index (χ2v) is 37.1. The lowest BCUT2D eigenvalue weighted by Crippen LogP contribution is -2.03. The molecular weight excluding hydrogens is 1480 g/mol. The van der Waals surface area contributed by atoms with E-state index in [1.165, 1.54) is 44.8 Å². The Balaban J connectivity index is 0.000000667. The van der Waals surface area contributed by atoms with E-state index in [0.717, 1.165) is 68.8 Å². The zero-order valence-corrected chi connectivity index (χ0v) is 82.3. The van der Waals surface area contributed by atoms with Crippen LogP contribution in [0.2, 0.25) is 0 Å². The molecule has 18 heteroatoms. The summed E-state index contributed by atoms with van der Waals surface area (Å²) < 4.78 is 0. The smallest absolute Gasteiger partial charge is 0.153 e. The topological polar surface area (TPSA) is 232 Å². The molecule has 0 spiro atoms. The minimum atomic E-state index is 0.360. The summed E-state index contributed by atoms with van der Waals surface area (Å²) in [5.74, 6) is 13.3. The number of rotatable bonds is 20. The van der Waals surface area contributed by atoms with Crippen LogP contribution in [0.25, 0.3) is 0 Å². The first-order chi connectivity index (χ1) is 56.1. The van der Waals surface area contributed by atoms with Crippen molar-refractivity contribution in [1.82, 2.24) is 90.4 Å². The van der Waals surface area contributed by atoms with Crippen LogP contribution >= 0.6 is 0 Å². The average Bonchev–Trinajstić information content (AvgIpc) is 0.957. The first-order valence-corrected chi connectivity index (χ1v) is 44.6. The first-order valence-electron chi connectivity index (χ1n) is 44.6. The average molecular weight is 1640 g/mol. The largest absolute Gasteiger partial charge is 0.261 e. The van der Waals surface area contributed by atoms with Gasteiger partial charge in [-0.05, 0) is 152 Å².